The molecule has 0 amide bonds. The van der Waals surface area contributed by atoms with Crippen LogP contribution in [0.5, 0.6) is 0 Å². The number of aryl methyl sites for hydroxylation is 1. The number of halogens is 2. The van der Waals surface area contributed by atoms with Crippen molar-refractivity contribution < 1.29 is 8.91 Å². The third kappa shape index (κ3) is 2.08. The van der Waals surface area contributed by atoms with Crippen molar-refractivity contribution in [2.24, 2.45) is 0 Å². The zero-order chi connectivity index (χ0) is 15.3. The molecule has 4 aromatic rings. The second-order valence-electron chi connectivity index (χ2n) is 4.50. The Morgan fingerprint density at radius 2 is 2.00 bits per heavy atom. The molecule has 3 heterocycles. The number of hydrogen-bond acceptors (Lipinski definition) is 6. The van der Waals surface area contributed by atoms with Gasteiger partial charge in [0, 0.05) is 5.56 Å². The zero-order valence-electron chi connectivity index (χ0n) is 11.1. The highest BCUT2D eigenvalue weighted by atomic mass is 35.5. The van der Waals surface area contributed by atoms with Gasteiger partial charge in [-0.15, -0.1) is 0 Å². The van der Waals surface area contributed by atoms with E-state index >= 15 is 0 Å². The fraction of sp³-hybridized carbons (Fsp3) is 0.0769. The minimum Gasteiger partial charge on any atom is -0.334 e. The highest BCUT2D eigenvalue weighted by Crippen LogP contribution is 2.30. The third-order valence-corrected chi connectivity index (χ3v) is 4.08. The summed E-state index contributed by atoms with van der Waals surface area (Å²) in [6, 6.07) is 5.78. The fourth-order valence-electron chi connectivity index (χ4n) is 2.04. The van der Waals surface area contributed by atoms with Crippen LogP contribution in [0, 0.1) is 12.7 Å². The highest BCUT2D eigenvalue weighted by Gasteiger charge is 2.21. The lowest BCUT2D eigenvalue weighted by Gasteiger charge is -1.93. The van der Waals surface area contributed by atoms with Crippen molar-refractivity contribution >= 4 is 27.9 Å². The molecule has 0 aliphatic heterocycles. The lowest BCUT2D eigenvalue weighted by Crippen LogP contribution is -1.91. The summed E-state index contributed by atoms with van der Waals surface area (Å²) in [7, 11) is 0. The Balaban J connectivity index is 1.83. The molecule has 3 aromatic heterocycles. The molecule has 6 nitrogen and oxygen atoms in total. The molecule has 0 fully saturated rings. The van der Waals surface area contributed by atoms with Crippen LogP contribution >= 0.6 is 22.9 Å². The molecule has 110 valence electrons. The maximum Gasteiger partial charge on any atom is 0.258 e. The summed E-state index contributed by atoms with van der Waals surface area (Å²) in [6.07, 6.45) is 0. The Kier molecular flexibility index (Phi) is 2.95. The average molecular weight is 336 g/mol. The molecule has 0 bridgehead atoms. The van der Waals surface area contributed by atoms with Crippen LogP contribution in [0.15, 0.2) is 28.8 Å². The van der Waals surface area contributed by atoms with Gasteiger partial charge >= 0.3 is 0 Å². The van der Waals surface area contributed by atoms with E-state index in [1.54, 1.807) is 16.6 Å². The van der Waals surface area contributed by atoms with Gasteiger partial charge in [-0.1, -0.05) is 28.1 Å². The van der Waals surface area contributed by atoms with Gasteiger partial charge in [-0.05, 0) is 31.2 Å². The van der Waals surface area contributed by atoms with Crippen LogP contribution < -0.4 is 0 Å². The molecule has 0 spiro atoms. The monoisotopic (exact) mass is 335 g/mol. The normalized spacial score (nSPS) is 11.4. The van der Waals surface area contributed by atoms with E-state index in [9.17, 15) is 4.39 Å². The van der Waals surface area contributed by atoms with E-state index < -0.39 is 0 Å². The van der Waals surface area contributed by atoms with Crippen molar-refractivity contribution in [1.29, 1.82) is 0 Å². The van der Waals surface area contributed by atoms with Gasteiger partial charge in [-0.2, -0.15) is 14.6 Å². The van der Waals surface area contributed by atoms with E-state index in [0.29, 0.717) is 16.2 Å². The minimum absolute atomic E-state index is 0.255. The summed E-state index contributed by atoms with van der Waals surface area (Å²) >= 11 is 7.55. The minimum atomic E-state index is -0.331. The predicted octanol–water partition coefficient (Wildman–Crippen LogP) is 3.61. The summed E-state index contributed by atoms with van der Waals surface area (Å²) in [4.78, 5) is 9.17. The van der Waals surface area contributed by atoms with Gasteiger partial charge in [-0.3, -0.25) is 0 Å². The second-order valence-corrected chi connectivity index (χ2v) is 6.01. The van der Waals surface area contributed by atoms with Crippen LogP contribution in [0.3, 0.4) is 0 Å². The van der Waals surface area contributed by atoms with Gasteiger partial charge < -0.3 is 4.52 Å². The molecule has 4 rings (SSSR count). The van der Waals surface area contributed by atoms with E-state index in [-0.39, 0.29) is 22.7 Å². The third-order valence-electron chi connectivity index (χ3n) is 2.99. The maximum atomic E-state index is 13.0. The summed E-state index contributed by atoms with van der Waals surface area (Å²) in [5, 5.41) is 9.34. The molecule has 22 heavy (non-hydrogen) atoms. The Morgan fingerprint density at radius 3 is 2.77 bits per heavy atom. The summed E-state index contributed by atoms with van der Waals surface area (Å²) < 4.78 is 19.8. The molecule has 0 radical (unpaired) electrons. The first kappa shape index (κ1) is 13.4. The van der Waals surface area contributed by atoms with Crippen molar-refractivity contribution in [2.45, 2.75) is 6.92 Å². The van der Waals surface area contributed by atoms with Gasteiger partial charge in [-0.25, -0.2) is 9.37 Å². The number of hydrogen-bond donors (Lipinski definition) is 0. The van der Waals surface area contributed by atoms with Crippen molar-refractivity contribution in [2.75, 3.05) is 0 Å². The van der Waals surface area contributed by atoms with Crippen LogP contribution in [-0.2, 0) is 0 Å². The number of benzene rings is 1. The first-order chi connectivity index (χ1) is 10.6. The second kappa shape index (κ2) is 4.85. The Morgan fingerprint density at radius 1 is 1.23 bits per heavy atom. The van der Waals surface area contributed by atoms with Crippen LogP contribution in [0.1, 0.15) is 5.01 Å². The quantitative estimate of drug-likeness (QED) is 0.559. The molecule has 0 saturated carbocycles. The molecule has 0 aliphatic carbocycles. The fourth-order valence-corrected chi connectivity index (χ4v) is 3.07. The van der Waals surface area contributed by atoms with Crippen molar-refractivity contribution in [3.8, 4) is 23.0 Å². The van der Waals surface area contributed by atoms with E-state index in [1.165, 1.54) is 23.5 Å². The van der Waals surface area contributed by atoms with E-state index in [4.69, 9.17) is 16.1 Å². The first-order valence-electron chi connectivity index (χ1n) is 6.23. The number of fused-ring (bicyclic) bond motifs is 1. The molecule has 1 aromatic carbocycles. The van der Waals surface area contributed by atoms with Gasteiger partial charge in [0.1, 0.15) is 10.8 Å². The summed E-state index contributed by atoms with van der Waals surface area (Å²) in [5.74, 6) is 0.220. The van der Waals surface area contributed by atoms with Gasteiger partial charge in [0.25, 0.3) is 5.89 Å². The van der Waals surface area contributed by atoms with E-state index in [2.05, 4.69) is 20.2 Å². The molecule has 9 heteroatoms. The van der Waals surface area contributed by atoms with Crippen molar-refractivity contribution in [1.82, 2.24) is 24.7 Å². The number of aromatic nitrogens is 5. The lowest BCUT2D eigenvalue weighted by molar-refractivity contribution is 0.432. The average Bonchev–Trinajstić information content (AvgIpc) is 3.14. The Labute approximate surface area is 132 Å². The van der Waals surface area contributed by atoms with Crippen molar-refractivity contribution in [3.05, 3.63) is 40.2 Å². The van der Waals surface area contributed by atoms with Crippen molar-refractivity contribution in [3.63, 3.8) is 0 Å². The summed E-state index contributed by atoms with van der Waals surface area (Å²) in [6.45, 7) is 1.87. The number of nitrogens with zero attached hydrogens (tertiary/aromatic N) is 5. The van der Waals surface area contributed by atoms with Crippen LogP contribution in [0.25, 0.3) is 27.9 Å². The molecule has 0 atom stereocenters. The van der Waals surface area contributed by atoms with Gasteiger partial charge in [0.15, 0.2) is 10.8 Å². The van der Waals surface area contributed by atoms with E-state index in [0.717, 1.165) is 5.01 Å². The van der Waals surface area contributed by atoms with Crippen LogP contribution in [0.2, 0.25) is 5.15 Å². The van der Waals surface area contributed by atoms with Crippen LogP contribution in [-0.4, -0.2) is 24.7 Å². The molecule has 0 aliphatic rings. The van der Waals surface area contributed by atoms with Crippen LogP contribution in [0.4, 0.5) is 4.39 Å². The zero-order valence-corrected chi connectivity index (χ0v) is 12.7. The lowest BCUT2D eigenvalue weighted by atomic mass is 10.2. The standard InChI is InChI=1S/C13H7ClFN5OS/c1-6-18-20-9(10(14)16-13(20)22-6)11-17-12(21-19-11)7-2-4-8(15)5-3-7/h2-5H,1H3. The maximum absolute atomic E-state index is 13.0. The summed E-state index contributed by atoms with van der Waals surface area (Å²) in [5.41, 5.74) is 1.09. The molecule has 0 saturated heterocycles. The first-order valence-corrected chi connectivity index (χ1v) is 7.43. The number of rotatable bonds is 2. The molecule has 0 N–H and O–H groups in total. The Hall–Kier alpha value is -2.32. The predicted molar refractivity (Wildman–Crippen MR) is 79.3 cm³/mol. The highest BCUT2D eigenvalue weighted by molar-refractivity contribution is 7.16. The topological polar surface area (TPSA) is 69.1 Å². The van der Waals surface area contributed by atoms with Gasteiger partial charge in [0.2, 0.25) is 10.8 Å². The van der Waals surface area contributed by atoms with Gasteiger partial charge in [0.05, 0.1) is 0 Å². The molecular weight excluding hydrogens is 329 g/mol. The molecule has 0 unspecified atom stereocenters. The number of imidazole rings is 1. The van der Waals surface area contributed by atoms with E-state index in [1.807, 2.05) is 6.92 Å². The Bertz CT molecular complexity index is 974. The smallest absolute Gasteiger partial charge is 0.258 e. The SMILES string of the molecule is Cc1nn2c(-c3noc(-c4ccc(F)cc4)n3)c(Cl)nc2s1. The molecular formula is C13H7ClFN5OS. The largest absolute Gasteiger partial charge is 0.334 e.